The molecular weight excluding hydrogens is 436 g/mol. The average Bonchev–Trinajstić information content (AvgIpc) is 2.73. The van der Waals surface area contributed by atoms with E-state index >= 15 is 0 Å². The van der Waals surface area contributed by atoms with Crippen molar-refractivity contribution in [1.29, 1.82) is 0 Å². The van der Waals surface area contributed by atoms with Gasteiger partial charge in [0, 0.05) is 0 Å². The maximum Gasteiger partial charge on any atom is 0.339 e. The van der Waals surface area contributed by atoms with Crippen molar-refractivity contribution >= 4 is 17.9 Å². The quantitative estimate of drug-likeness (QED) is 0.127. The predicted molar refractivity (Wildman–Crippen MR) is 133 cm³/mol. The molecule has 7 nitrogen and oxygen atoms in total. The van der Waals surface area contributed by atoms with Gasteiger partial charge in [-0.2, -0.15) is 0 Å². The largest absolute Gasteiger partial charge is 0.463 e. The third-order valence-corrected chi connectivity index (χ3v) is 5.87. The van der Waals surface area contributed by atoms with Crippen LogP contribution < -0.4 is 0 Å². The Morgan fingerprint density at radius 1 is 0.618 bits per heavy atom. The minimum atomic E-state index is -2.32. The molecule has 0 aromatic carbocycles. The van der Waals surface area contributed by atoms with Crippen LogP contribution in [0.1, 0.15) is 131 Å². The number of unbranched alkanes of at least 4 members (excludes halogenated alkanes) is 6. The van der Waals surface area contributed by atoms with E-state index in [0.717, 1.165) is 57.8 Å². The molecule has 3 atom stereocenters. The number of hydrogen-bond donors (Lipinski definition) is 1. The molecule has 0 amide bonds. The van der Waals surface area contributed by atoms with Crippen LogP contribution in [0.5, 0.6) is 0 Å². The van der Waals surface area contributed by atoms with Gasteiger partial charge in [-0.15, -0.1) is 0 Å². The van der Waals surface area contributed by atoms with Crippen molar-refractivity contribution in [1.82, 2.24) is 0 Å². The molecule has 0 aromatic heterocycles. The van der Waals surface area contributed by atoms with Gasteiger partial charge in [0.25, 0.3) is 0 Å². The van der Waals surface area contributed by atoms with Crippen LogP contribution in [0.2, 0.25) is 0 Å². The lowest BCUT2D eigenvalue weighted by atomic mass is 9.95. The van der Waals surface area contributed by atoms with Gasteiger partial charge in [0.1, 0.15) is 0 Å². The summed E-state index contributed by atoms with van der Waals surface area (Å²) in [6.45, 7) is 11.6. The second kappa shape index (κ2) is 18.7. The van der Waals surface area contributed by atoms with E-state index in [2.05, 4.69) is 20.8 Å². The highest BCUT2D eigenvalue weighted by molar-refractivity contribution is 5.90. The van der Waals surface area contributed by atoms with E-state index in [9.17, 15) is 19.5 Å². The second-order valence-electron chi connectivity index (χ2n) is 9.69. The van der Waals surface area contributed by atoms with Gasteiger partial charge in [-0.3, -0.25) is 9.59 Å². The summed E-state index contributed by atoms with van der Waals surface area (Å²) in [6.07, 6.45) is 8.63. The first kappa shape index (κ1) is 32.4. The maximum absolute atomic E-state index is 12.9. The van der Waals surface area contributed by atoms with Crippen molar-refractivity contribution in [3.05, 3.63) is 0 Å². The van der Waals surface area contributed by atoms with Crippen molar-refractivity contribution in [2.24, 2.45) is 0 Å². The topological polar surface area (TPSA) is 99.1 Å². The summed E-state index contributed by atoms with van der Waals surface area (Å²) in [4.78, 5) is 38.0. The standard InChI is InChI=1S/C27H50O7/c1-7-10-13-16-21(4)32-24(28)19-27(31,26(30)34-23(6)18-15-12-9-3)20-25(29)33-22(5)17-14-11-8-2/h21-23,31H,7-20H2,1-6H3. The normalized spacial score (nSPS) is 15.6. The zero-order chi connectivity index (χ0) is 26.0. The summed E-state index contributed by atoms with van der Waals surface area (Å²) < 4.78 is 16.2. The summed E-state index contributed by atoms with van der Waals surface area (Å²) in [5.74, 6) is -2.44. The number of aliphatic hydroxyl groups is 1. The second-order valence-corrected chi connectivity index (χ2v) is 9.69. The van der Waals surface area contributed by atoms with Gasteiger partial charge < -0.3 is 19.3 Å². The number of hydrogen-bond acceptors (Lipinski definition) is 7. The molecule has 0 saturated carbocycles. The van der Waals surface area contributed by atoms with Crippen LogP contribution in [0.15, 0.2) is 0 Å². The molecule has 0 aliphatic rings. The lowest BCUT2D eigenvalue weighted by Crippen LogP contribution is -2.46. The summed E-state index contributed by atoms with van der Waals surface area (Å²) in [6, 6.07) is 0. The van der Waals surface area contributed by atoms with E-state index in [1.54, 1.807) is 20.8 Å². The average molecular weight is 487 g/mol. The third kappa shape index (κ3) is 15.3. The van der Waals surface area contributed by atoms with E-state index in [4.69, 9.17) is 14.2 Å². The highest BCUT2D eigenvalue weighted by Gasteiger charge is 2.44. The van der Waals surface area contributed by atoms with Crippen molar-refractivity contribution < 1.29 is 33.7 Å². The van der Waals surface area contributed by atoms with Crippen molar-refractivity contribution in [3.63, 3.8) is 0 Å². The van der Waals surface area contributed by atoms with Gasteiger partial charge in [-0.05, 0) is 59.3 Å². The van der Waals surface area contributed by atoms with Gasteiger partial charge in [0.2, 0.25) is 0 Å². The summed E-state index contributed by atoms with van der Waals surface area (Å²) in [5.41, 5.74) is -2.32. The molecule has 1 N–H and O–H groups in total. The molecule has 0 spiro atoms. The SMILES string of the molecule is CCCCCC(C)OC(=O)CC(O)(CC(=O)OC(C)CCCCC)C(=O)OC(C)CCCCC. The number of esters is 3. The van der Waals surface area contributed by atoms with Crippen molar-refractivity contribution in [2.45, 2.75) is 155 Å². The van der Waals surface area contributed by atoms with Crippen LogP contribution in [0.25, 0.3) is 0 Å². The highest BCUT2D eigenvalue weighted by atomic mass is 16.6. The van der Waals surface area contributed by atoms with Gasteiger partial charge in [-0.1, -0.05) is 59.3 Å². The molecule has 0 saturated heterocycles. The Kier molecular flexibility index (Phi) is 17.8. The molecule has 3 unspecified atom stereocenters. The molecule has 7 heteroatoms. The van der Waals surface area contributed by atoms with E-state index in [1.807, 2.05) is 0 Å². The Hall–Kier alpha value is -1.63. The van der Waals surface area contributed by atoms with Crippen molar-refractivity contribution in [2.75, 3.05) is 0 Å². The molecule has 0 bridgehead atoms. The molecule has 0 heterocycles. The fourth-order valence-electron chi connectivity index (χ4n) is 3.73. The summed E-state index contributed by atoms with van der Waals surface area (Å²) >= 11 is 0. The van der Waals surface area contributed by atoms with Gasteiger partial charge >= 0.3 is 17.9 Å². The predicted octanol–water partition coefficient (Wildman–Crippen LogP) is 6.03. The van der Waals surface area contributed by atoms with Crippen LogP contribution in [-0.2, 0) is 28.6 Å². The van der Waals surface area contributed by atoms with E-state index < -0.39 is 42.5 Å². The van der Waals surface area contributed by atoms with Crippen molar-refractivity contribution in [3.8, 4) is 0 Å². The van der Waals surface area contributed by atoms with E-state index in [0.29, 0.717) is 19.3 Å². The highest BCUT2D eigenvalue weighted by Crippen LogP contribution is 2.23. The van der Waals surface area contributed by atoms with Gasteiger partial charge in [-0.25, -0.2) is 4.79 Å². The Labute approximate surface area is 207 Å². The van der Waals surface area contributed by atoms with Gasteiger partial charge in [0.05, 0.1) is 31.2 Å². The number of carbonyl (C=O) groups excluding carboxylic acids is 3. The Morgan fingerprint density at radius 2 is 0.941 bits per heavy atom. The van der Waals surface area contributed by atoms with Crippen LogP contribution in [0.3, 0.4) is 0 Å². The number of rotatable bonds is 20. The fourth-order valence-corrected chi connectivity index (χ4v) is 3.73. The van der Waals surface area contributed by atoms with Crippen LogP contribution in [0, 0.1) is 0 Å². The molecule has 0 aliphatic heterocycles. The van der Waals surface area contributed by atoms with Crippen LogP contribution in [0.4, 0.5) is 0 Å². The minimum Gasteiger partial charge on any atom is -0.463 e. The third-order valence-electron chi connectivity index (χ3n) is 5.87. The van der Waals surface area contributed by atoms with Crippen LogP contribution >= 0.6 is 0 Å². The molecule has 0 rings (SSSR count). The Bertz CT molecular complexity index is 543. The minimum absolute atomic E-state index is 0.335. The lowest BCUT2D eigenvalue weighted by Gasteiger charge is -2.27. The molecule has 200 valence electrons. The Balaban J connectivity index is 5.16. The first-order valence-electron chi connectivity index (χ1n) is 13.4. The Morgan fingerprint density at radius 3 is 1.26 bits per heavy atom. The first-order valence-corrected chi connectivity index (χ1v) is 13.4. The lowest BCUT2D eigenvalue weighted by molar-refractivity contribution is -0.183. The van der Waals surface area contributed by atoms with Crippen LogP contribution in [-0.4, -0.2) is 46.9 Å². The van der Waals surface area contributed by atoms with E-state index in [-0.39, 0.29) is 12.2 Å². The summed E-state index contributed by atoms with van der Waals surface area (Å²) in [5, 5.41) is 11.1. The molecule has 0 aromatic rings. The molecule has 0 fully saturated rings. The summed E-state index contributed by atoms with van der Waals surface area (Å²) in [7, 11) is 0. The molecule has 0 aliphatic carbocycles. The number of carbonyl (C=O) groups is 3. The van der Waals surface area contributed by atoms with E-state index in [1.165, 1.54) is 0 Å². The molecule has 0 radical (unpaired) electrons. The zero-order valence-electron chi connectivity index (χ0n) is 22.5. The smallest absolute Gasteiger partial charge is 0.339 e. The number of ether oxygens (including phenoxy) is 3. The molecule has 34 heavy (non-hydrogen) atoms. The molecular formula is C27H50O7. The monoisotopic (exact) mass is 486 g/mol. The fraction of sp³-hybridized carbons (Fsp3) is 0.889. The maximum atomic E-state index is 12.9. The zero-order valence-corrected chi connectivity index (χ0v) is 22.5. The first-order chi connectivity index (χ1) is 16.1. The van der Waals surface area contributed by atoms with Gasteiger partial charge in [0.15, 0.2) is 5.60 Å².